The lowest BCUT2D eigenvalue weighted by atomic mass is 9.97. The van der Waals surface area contributed by atoms with E-state index in [0.29, 0.717) is 17.5 Å². The van der Waals surface area contributed by atoms with Crippen molar-refractivity contribution in [1.82, 2.24) is 24.5 Å². The number of hydrogen-bond donors (Lipinski definition) is 0. The van der Waals surface area contributed by atoms with Gasteiger partial charge in [0.05, 0.1) is 22.2 Å². The number of thiophene rings is 1. The molecule has 0 saturated carbocycles. The van der Waals surface area contributed by atoms with E-state index < -0.39 is 0 Å². The van der Waals surface area contributed by atoms with Crippen molar-refractivity contribution < 1.29 is 0 Å². The number of benzene rings is 9. The summed E-state index contributed by atoms with van der Waals surface area (Å²) in [7, 11) is 0. The Labute approximate surface area is 372 Å². The average Bonchev–Trinajstić information content (AvgIpc) is 3.93. The highest BCUT2D eigenvalue weighted by Crippen LogP contribution is 2.46. The quantitative estimate of drug-likeness (QED) is 0.157. The number of pyridine rings is 1. The van der Waals surface area contributed by atoms with Crippen molar-refractivity contribution in [3.8, 4) is 62.2 Å². The van der Waals surface area contributed by atoms with Crippen LogP contribution in [-0.2, 0) is 0 Å². The minimum absolute atomic E-state index is 0.628. The van der Waals surface area contributed by atoms with Crippen LogP contribution >= 0.6 is 11.3 Å². The fraction of sp³-hybridized carbons (Fsp3) is 0. The first-order chi connectivity index (χ1) is 31.7. The summed E-state index contributed by atoms with van der Waals surface area (Å²) in [6.07, 6.45) is 0. The Hall–Kier alpha value is -8.32. The third-order valence-corrected chi connectivity index (χ3v) is 13.7. The Balaban J connectivity index is 0.937. The summed E-state index contributed by atoms with van der Waals surface area (Å²) in [6, 6.07) is 74.8. The van der Waals surface area contributed by atoms with Gasteiger partial charge < -0.3 is 4.57 Å². The molecule has 0 spiro atoms. The van der Waals surface area contributed by atoms with E-state index in [1.807, 2.05) is 29.5 Å². The van der Waals surface area contributed by atoms with Gasteiger partial charge >= 0.3 is 0 Å². The van der Waals surface area contributed by atoms with Crippen molar-refractivity contribution >= 4 is 75.0 Å². The Kier molecular flexibility index (Phi) is 8.32. The highest BCUT2D eigenvalue weighted by Gasteiger charge is 2.20. The molecule has 4 aromatic heterocycles. The lowest BCUT2D eigenvalue weighted by molar-refractivity contribution is 1.07. The second kappa shape index (κ2) is 14.7. The molecule has 13 aromatic rings. The van der Waals surface area contributed by atoms with Crippen LogP contribution in [0.4, 0.5) is 0 Å². The number of fused-ring (bicyclic) bond motifs is 10. The molecule has 13 rings (SSSR count). The second-order valence-corrected chi connectivity index (χ2v) is 17.2. The van der Waals surface area contributed by atoms with Gasteiger partial charge in [-0.15, -0.1) is 11.3 Å². The molecule has 0 bridgehead atoms. The summed E-state index contributed by atoms with van der Waals surface area (Å²) in [5.74, 6) is 1.90. The van der Waals surface area contributed by atoms with Crippen LogP contribution in [0.5, 0.6) is 0 Å². The monoisotopic (exact) mass is 833 g/mol. The summed E-state index contributed by atoms with van der Waals surface area (Å²) in [5.41, 5.74) is 11.7. The van der Waals surface area contributed by atoms with Crippen molar-refractivity contribution in [1.29, 1.82) is 0 Å². The normalized spacial score (nSPS) is 11.8. The molecule has 5 nitrogen and oxygen atoms in total. The molecular weight excluding hydrogens is 799 g/mol. The van der Waals surface area contributed by atoms with Gasteiger partial charge in [-0.05, 0) is 53.6 Å². The summed E-state index contributed by atoms with van der Waals surface area (Å²) in [5, 5.41) is 8.44. The van der Waals surface area contributed by atoms with E-state index in [9.17, 15) is 0 Å². The number of nitrogens with zero attached hydrogens (tertiary/aromatic N) is 5. The van der Waals surface area contributed by atoms with Gasteiger partial charge in [0.2, 0.25) is 0 Å². The second-order valence-electron chi connectivity index (χ2n) is 16.2. The fourth-order valence-corrected chi connectivity index (χ4v) is 10.8. The summed E-state index contributed by atoms with van der Waals surface area (Å²) >= 11 is 1.87. The van der Waals surface area contributed by atoms with Crippen LogP contribution in [0, 0.1) is 0 Å². The molecule has 64 heavy (non-hydrogen) atoms. The van der Waals surface area contributed by atoms with Crippen LogP contribution in [0.3, 0.4) is 0 Å². The molecule has 0 radical (unpaired) electrons. The van der Waals surface area contributed by atoms with Crippen molar-refractivity contribution in [2.75, 3.05) is 0 Å². The predicted octanol–water partition coefficient (Wildman–Crippen LogP) is 15.4. The van der Waals surface area contributed by atoms with Gasteiger partial charge in [-0.3, -0.25) is 0 Å². The van der Waals surface area contributed by atoms with Gasteiger partial charge in [0.1, 0.15) is 0 Å². The highest BCUT2D eigenvalue weighted by atomic mass is 32.1. The van der Waals surface area contributed by atoms with E-state index in [2.05, 4.69) is 199 Å². The largest absolute Gasteiger partial charge is 0.309 e. The van der Waals surface area contributed by atoms with Crippen molar-refractivity contribution in [3.63, 3.8) is 0 Å². The molecule has 0 aliphatic carbocycles. The van der Waals surface area contributed by atoms with E-state index in [0.717, 1.165) is 61.1 Å². The number of hydrogen-bond acceptors (Lipinski definition) is 5. The molecule has 0 amide bonds. The summed E-state index contributed by atoms with van der Waals surface area (Å²) in [6.45, 7) is 0. The van der Waals surface area contributed by atoms with Crippen molar-refractivity contribution in [3.05, 3.63) is 212 Å². The zero-order chi connectivity index (χ0) is 42.1. The van der Waals surface area contributed by atoms with Crippen LogP contribution in [-0.4, -0.2) is 24.5 Å². The van der Waals surface area contributed by atoms with Crippen LogP contribution in [0.2, 0.25) is 0 Å². The Morgan fingerprint density at radius 1 is 0.328 bits per heavy atom. The molecule has 298 valence electrons. The molecule has 4 heterocycles. The first-order valence-corrected chi connectivity index (χ1v) is 22.3. The molecule has 0 fully saturated rings. The third-order valence-electron chi connectivity index (χ3n) is 12.4. The Morgan fingerprint density at radius 2 is 0.875 bits per heavy atom. The minimum atomic E-state index is 0.628. The first kappa shape index (κ1) is 36.3. The molecule has 0 saturated heterocycles. The molecule has 9 aromatic carbocycles. The first-order valence-electron chi connectivity index (χ1n) is 21.5. The standard InChI is InChI=1S/C58H35N5S/c1-4-15-37(16-5-1)53-47-33-32-45-44-24-14-23-42(54(44)64-55(45)52(47)46-22-10-12-25-49(46)59-53)36-27-29-39(30-28-36)57-60-56(38-17-6-2-7-18-38)61-58(62-57)40-31-34-51-48(35-40)43-21-11-13-26-50(43)63(51)41-19-8-3-9-20-41/h1-35H. The van der Waals surface area contributed by atoms with Gasteiger partial charge in [0.25, 0.3) is 0 Å². The topological polar surface area (TPSA) is 56.5 Å². The lowest BCUT2D eigenvalue weighted by Crippen LogP contribution is -2.00. The van der Waals surface area contributed by atoms with Gasteiger partial charge in [0.15, 0.2) is 17.5 Å². The van der Waals surface area contributed by atoms with E-state index >= 15 is 0 Å². The smallest absolute Gasteiger partial charge is 0.164 e. The molecular formula is C58H35N5S. The lowest BCUT2D eigenvalue weighted by Gasteiger charge is -2.11. The predicted molar refractivity (Wildman–Crippen MR) is 267 cm³/mol. The van der Waals surface area contributed by atoms with E-state index in [-0.39, 0.29) is 0 Å². The molecule has 0 aliphatic rings. The van der Waals surface area contributed by atoms with Gasteiger partial charge in [-0.25, -0.2) is 19.9 Å². The fourth-order valence-electron chi connectivity index (χ4n) is 9.45. The highest BCUT2D eigenvalue weighted by molar-refractivity contribution is 7.27. The van der Waals surface area contributed by atoms with Gasteiger partial charge in [-0.2, -0.15) is 0 Å². The average molecular weight is 834 g/mol. The summed E-state index contributed by atoms with van der Waals surface area (Å²) in [4.78, 5) is 20.6. The number of para-hydroxylation sites is 3. The SMILES string of the molecule is c1ccc(-c2nc(-c3ccc(-c4cccc5c4sc4c5ccc5c(-c6ccccc6)nc6ccccc6c54)cc3)nc(-c3ccc4c(c3)c3ccccc3n4-c3ccccc3)n2)cc1. The van der Waals surface area contributed by atoms with Crippen molar-refractivity contribution in [2.45, 2.75) is 0 Å². The van der Waals surface area contributed by atoms with Crippen LogP contribution < -0.4 is 0 Å². The van der Waals surface area contributed by atoms with Gasteiger partial charge in [-0.1, -0.05) is 170 Å². The van der Waals surface area contributed by atoms with Crippen LogP contribution in [0.15, 0.2) is 212 Å². The minimum Gasteiger partial charge on any atom is -0.309 e. The maximum absolute atomic E-state index is 5.20. The molecule has 0 atom stereocenters. The molecule has 0 unspecified atom stereocenters. The maximum atomic E-state index is 5.20. The van der Waals surface area contributed by atoms with E-state index in [1.54, 1.807) is 0 Å². The molecule has 0 N–H and O–H groups in total. The van der Waals surface area contributed by atoms with Crippen LogP contribution in [0.1, 0.15) is 0 Å². The number of rotatable bonds is 6. The molecule has 0 aliphatic heterocycles. The number of aromatic nitrogens is 5. The third kappa shape index (κ3) is 5.84. The zero-order valence-corrected chi connectivity index (χ0v) is 35.2. The van der Waals surface area contributed by atoms with E-state index in [4.69, 9.17) is 19.9 Å². The zero-order valence-electron chi connectivity index (χ0n) is 34.4. The Morgan fingerprint density at radius 3 is 1.64 bits per heavy atom. The molecule has 6 heteroatoms. The maximum Gasteiger partial charge on any atom is 0.164 e. The van der Waals surface area contributed by atoms with Crippen molar-refractivity contribution in [2.24, 2.45) is 0 Å². The summed E-state index contributed by atoms with van der Waals surface area (Å²) < 4.78 is 4.87. The van der Waals surface area contributed by atoms with Crippen LogP contribution in [0.25, 0.3) is 126 Å². The van der Waals surface area contributed by atoms with Gasteiger partial charge in [0, 0.05) is 75.0 Å². The van der Waals surface area contributed by atoms with E-state index in [1.165, 1.54) is 47.3 Å². The Bertz CT molecular complexity index is 3930.